The summed E-state index contributed by atoms with van der Waals surface area (Å²) >= 11 is 1.10. The van der Waals surface area contributed by atoms with Gasteiger partial charge in [-0.05, 0) is 60.8 Å². The number of nitrogens with one attached hydrogen (secondary N) is 2. The number of thiophene rings is 1. The number of anilines is 2. The van der Waals surface area contributed by atoms with Crippen LogP contribution >= 0.6 is 11.3 Å². The van der Waals surface area contributed by atoms with Crippen LogP contribution in [-0.2, 0) is 21.2 Å². The minimum Gasteiger partial charge on any atom is -0.497 e. The Balaban J connectivity index is 1.59. The summed E-state index contributed by atoms with van der Waals surface area (Å²) in [6, 6.07) is 14.2. The lowest BCUT2D eigenvalue weighted by Crippen LogP contribution is -2.48. The van der Waals surface area contributed by atoms with Crippen molar-refractivity contribution < 1.29 is 32.6 Å². The number of nitrogens with zero attached hydrogens (tertiary/aromatic N) is 2. The van der Waals surface area contributed by atoms with Crippen molar-refractivity contribution in [2.24, 2.45) is 5.92 Å². The zero-order chi connectivity index (χ0) is 30.4. The van der Waals surface area contributed by atoms with E-state index in [1.54, 1.807) is 79.9 Å². The van der Waals surface area contributed by atoms with E-state index >= 15 is 0 Å². The van der Waals surface area contributed by atoms with Crippen molar-refractivity contribution in [3.8, 4) is 11.5 Å². The summed E-state index contributed by atoms with van der Waals surface area (Å²) in [6.07, 6.45) is -0.579. The number of hydrogen-bond donors (Lipinski definition) is 3. The number of rotatable bonds is 9. The molecule has 3 atom stereocenters. The number of amides is 3. The summed E-state index contributed by atoms with van der Waals surface area (Å²) in [4.78, 5) is 29.6. The van der Waals surface area contributed by atoms with Gasteiger partial charge in [-0.25, -0.2) is 13.2 Å². The molecule has 0 fully saturated rings. The van der Waals surface area contributed by atoms with Gasteiger partial charge in [-0.2, -0.15) is 0 Å². The highest BCUT2D eigenvalue weighted by Gasteiger charge is 2.32. The van der Waals surface area contributed by atoms with Crippen LogP contribution < -0.4 is 19.5 Å². The molecule has 1 aliphatic rings. The van der Waals surface area contributed by atoms with E-state index in [4.69, 9.17) is 9.47 Å². The van der Waals surface area contributed by atoms with E-state index in [1.807, 2.05) is 6.92 Å². The molecule has 2 heterocycles. The Morgan fingerprint density at radius 1 is 1.21 bits per heavy atom. The van der Waals surface area contributed by atoms with Gasteiger partial charge in [-0.3, -0.25) is 9.52 Å². The molecule has 0 spiro atoms. The smallest absolute Gasteiger partial charge is 0.321 e. The SMILES string of the molecule is COc1ccc(NC(=O)N(C)C[C@@H]2Oc3ccc(NS(=O)(=O)c4cccs4)cc3CC(=O)N([C@@H](C)CO)C[C@H]2C)cc1. The third-order valence-electron chi connectivity index (χ3n) is 7.07. The van der Waals surface area contributed by atoms with Crippen LogP contribution in [0.3, 0.4) is 0 Å². The van der Waals surface area contributed by atoms with Gasteiger partial charge in [-0.15, -0.1) is 11.3 Å². The molecule has 2 aromatic carbocycles. The monoisotopic (exact) mass is 616 g/mol. The largest absolute Gasteiger partial charge is 0.497 e. The van der Waals surface area contributed by atoms with Crippen molar-refractivity contribution in [3.63, 3.8) is 0 Å². The number of likely N-dealkylation sites (N-methyl/N-ethyl adjacent to an activating group) is 1. The normalized spacial score (nSPS) is 18.0. The lowest BCUT2D eigenvalue weighted by Gasteiger charge is -2.34. The first kappa shape index (κ1) is 31.1. The Morgan fingerprint density at radius 2 is 1.93 bits per heavy atom. The van der Waals surface area contributed by atoms with E-state index < -0.39 is 22.2 Å². The molecule has 42 heavy (non-hydrogen) atoms. The molecule has 0 aliphatic carbocycles. The van der Waals surface area contributed by atoms with Crippen molar-refractivity contribution in [1.29, 1.82) is 0 Å². The number of carbonyl (C=O) groups is 2. The van der Waals surface area contributed by atoms with E-state index in [9.17, 15) is 23.1 Å². The van der Waals surface area contributed by atoms with Crippen LogP contribution in [0.5, 0.6) is 11.5 Å². The summed E-state index contributed by atoms with van der Waals surface area (Å²) in [7, 11) is -0.571. The molecule has 4 rings (SSSR count). The maximum absolute atomic E-state index is 13.4. The molecular formula is C29H36N4O7S2. The summed E-state index contributed by atoms with van der Waals surface area (Å²) in [5, 5.41) is 14.4. The van der Waals surface area contributed by atoms with E-state index in [1.165, 1.54) is 11.0 Å². The number of carbonyl (C=O) groups excluding carboxylic acids is 2. The minimum atomic E-state index is -3.80. The van der Waals surface area contributed by atoms with Crippen molar-refractivity contribution in [3.05, 3.63) is 65.5 Å². The lowest BCUT2D eigenvalue weighted by molar-refractivity contribution is -0.134. The number of benzene rings is 2. The van der Waals surface area contributed by atoms with Crippen molar-refractivity contribution in [2.75, 3.05) is 43.9 Å². The van der Waals surface area contributed by atoms with E-state index in [-0.39, 0.29) is 41.6 Å². The maximum atomic E-state index is 13.4. The highest BCUT2D eigenvalue weighted by atomic mass is 32.2. The van der Waals surface area contributed by atoms with Gasteiger partial charge < -0.3 is 29.7 Å². The Labute approximate surface area is 250 Å². The Morgan fingerprint density at radius 3 is 2.57 bits per heavy atom. The lowest BCUT2D eigenvalue weighted by atomic mass is 10.0. The van der Waals surface area contributed by atoms with Crippen LogP contribution in [0.25, 0.3) is 0 Å². The van der Waals surface area contributed by atoms with Crippen LogP contribution in [0.1, 0.15) is 19.4 Å². The average Bonchev–Trinajstić information content (AvgIpc) is 3.53. The summed E-state index contributed by atoms with van der Waals surface area (Å²) in [5.41, 5.74) is 1.39. The number of ether oxygens (including phenoxy) is 2. The molecular weight excluding hydrogens is 580 g/mol. The number of methoxy groups -OCH3 is 1. The van der Waals surface area contributed by atoms with Gasteiger partial charge in [-0.1, -0.05) is 13.0 Å². The molecule has 0 saturated heterocycles. The van der Waals surface area contributed by atoms with Gasteiger partial charge in [0, 0.05) is 36.4 Å². The predicted octanol–water partition coefficient (Wildman–Crippen LogP) is 3.87. The number of hydrogen-bond acceptors (Lipinski definition) is 8. The molecule has 11 nitrogen and oxygen atoms in total. The van der Waals surface area contributed by atoms with Crippen molar-refractivity contribution in [2.45, 2.75) is 36.6 Å². The fourth-order valence-electron chi connectivity index (χ4n) is 4.58. The van der Waals surface area contributed by atoms with Gasteiger partial charge in [0.25, 0.3) is 10.0 Å². The first-order valence-electron chi connectivity index (χ1n) is 13.4. The van der Waals surface area contributed by atoms with Crippen LogP contribution in [0.15, 0.2) is 64.2 Å². The summed E-state index contributed by atoms with van der Waals surface area (Å²) in [5.74, 6) is 0.646. The Hall–Kier alpha value is -3.81. The fourth-order valence-corrected chi connectivity index (χ4v) is 6.62. The number of aliphatic hydroxyl groups is 1. The molecule has 3 amide bonds. The molecule has 1 aliphatic heterocycles. The van der Waals surface area contributed by atoms with Gasteiger partial charge >= 0.3 is 6.03 Å². The molecule has 0 unspecified atom stereocenters. The van der Waals surface area contributed by atoms with Crippen LogP contribution in [-0.4, -0.2) is 81.3 Å². The van der Waals surface area contributed by atoms with Crippen molar-refractivity contribution >= 4 is 44.7 Å². The average molecular weight is 617 g/mol. The van der Waals surface area contributed by atoms with Crippen LogP contribution in [0.2, 0.25) is 0 Å². The molecule has 226 valence electrons. The van der Waals surface area contributed by atoms with E-state index in [0.29, 0.717) is 35.0 Å². The number of sulfonamides is 1. The zero-order valence-corrected chi connectivity index (χ0v) is 25.6. The second kappa shape index (κ2) is 13.4. The maximum Gasteiger partial charge on any atom is 0.321 e. The quantitative estimate of drug-likeness (QED) is 0.332. The second-order valence-electron chi connectivity index (χ2n) is 10.3. The van der Waals surface area contributed by atoms with Gasteiger partial charge in [0.15, 0.2) is 0 Å². The molecule has 3 N–H and O–H groups in total. The number of aliphatic hydroxyl groups excluding tert-OH is 1. The molecule has 0 saturated carbocycles. The Bertz CT molecular complexity index is 1480. The molecule has 13 heteroatoms. The van der Waals surface area contributed by atoms with Gasteiger partial charge in [0.1, 0.15) is 21.8 Å². The third-order valence-corrected chi connectivity index (χ3v) is 9.85. The first-order valence-corrected chi connectivity index (χ1v) is 15.8. The number of urea groups is 1. The van der Waals surface area contributed by atoms with E-state index in [2.05, 4.69) is 10.0 Å². The highest BCUT2D eigenvalue weighted by Crippen LogP contribution is 2.30. The fraction of sp³-hybridized carbons (Fsp3) is 0.379. The molecule has 1 aromatic heterocycles. The van der Waals surface area contributed by atoms with Crippen LogP contribution in [0.4, 0.5) is 16.2 Å². The van der Waals surface area contributed by atoms with Gasteiger partial charge in [0.2, 0.25) is 5.91 Å². The zero-order valence-electron chi connectivity index (χ0n) is 23.9. The third kappa shape index (κ3) is 7.52. The predicted molar refractivity (Wildman–Crippen MR) is 162 cm³/mol. The summed E-state index contributed by atoms with van der Waals surface area (Å²) in [6.45, 7) is 3.97. The highest BCUT2D eigenvalue weighted by molar-refractivity contribution is 7.94. The van der Waals surface area contributed by atoms with Crippen LogP contribution in [0, 0.1) is 5.92 Å². The Kier molecular flexibility index (Phi) is 9.97. The summed E-state index contributed by atoms with van der Waals surface area (Å²) < 4.78 is 40.0. The topological polar surface area (TPSA) is 138 Å². The molecule has 0 radical (unpaired) electrons. The van der Waals surface area contributed by atoms with E-state index in [0.717, 1.165) is 11.3 Å². The standard InChI is InChI=1S/C29H36N4O7S2/c1-19-16-33(20(2)18-34)27(35)15-21-14-23(31-42(37,38)28-6-5-13-41-28)9-12-25(21)40-26(19)17-32(3)29(36)30-22-7-10-24(39-4)11-8-22/h5-14,19-20,26,31,34H,15-18H2,1-4H3,(H,30,36)/t19-,20+,26+/m1/s1. The van der Waals surface area contributed by atoms with Gasteiger partial charge in [0.05, 0.1) is 32.7 Å². The number of fused-ring (bicyclic) bond motifs is 1. The second-order valence-corrected chi connectivity index (χ2v) is 13.1. The molecule has 3 aromatic rings. The molecule has 0 bridgehead atoms. The van der Waals surface area contributed by atoms with Crippen molar-refractivity contribution in [1.82, 2.24) is 9.80 Å². The minimum absolute atomic E-state index is 0.0541. The first-order chi connectivity index (χ1) is 20.0.